The molecule has 0 saturated carbocycles. The van der Waals surface area contributed by atoms with Gasteiger partial charge in [0.1, 0.15) is 5.82 Å². The average molecular weight is 375 g/mol. The maximum absolute atomic E-state index is 12.5. The Labute approximate surface area is 153 Å². The molecule has 26 heavy (non-hydrogen) atoms. The van der Waals surface area contributed by atoms with Crippen molar-refractivity contribution < 1.29 is 18.8 Å². The number of aromatic nitrogens is 3. The van der Waals surface area contributed by atoms with E-state index in [1.165, 1.54) is 13.1 Å². The molecule has 0 aromatic carbocycles. The van der Waals surface area contributed by atoms with Crippen LogP contribution in [-0.4, -0.2) is 33.1 Å². The number of hydrogen-bond donors (Lipinski definition) is 1. The SMILES string of the molecule is Cc1cc(C(=O)O[C@H](C)C(=O)Nc2ccc(Cl)cn2)c2c(C)noc2n1. The summed E-state index contributed by atoms with van der Waals surface area (Å²) >= 11 is 5.75. The molecule has 3 rings (SSSR count). The zero-order chi connectivity index (χ0) is 18.8. The number of fused-ring (bicyclic) bond motifs is 1. The van der Waals surface area contributed by atoms with E-state index in [4.69, 9.17) is 20.9 Å². The zero-order valence-electron chi connectivity index (χ0n) is 14.2. The summed E-state index contributed by atoms with van der Waals surface area (Å²) in [6, 6.07) is 4.71. The smallest absolute Gasteiger partial charge is 0.339 e. The zero-order valence-corrected chi connectivity index (χ0v) is 15.0. The van der Waals surface area contributed by atoms with E-state index >= 15 is 0 Å². The molecule has 134 valence electrons. The lowest BCUT2D eigenvalue weighted by Gasteiger charge is -2.13. The van der Waals surface area contributed by atoms with Crippen LogP contribution in [0.3, 0.4) is 0 Å². The quantitative estimate of drug-likeness (QED) is 0.699. The van der Waals surface area contributed by atoms with Crippen LogP contribution in [0.2, 0.25) is 5.02 Å². The highest BCUT2D eigenvalue weighted by molar-refractivity contribution is 6.30. The summed E-state index contributed by atoms with van der Waals surface area (Å²) in [4.78, 5) is 32.9. The fourth-order valence-electron chi connectivity index (χ4n) is 2.33. The van der Waals surface area contributed by atoms with Gasteiger partial charge in [0.25, 0.3) is 11.6 Å². The van der Waals surface area contributed by atoms with Crippen LogP contribution >= 0.6 is 11.6 Å². The minimum atomic E-state index is -1.04. The van der Waals surface area contributed by atoms with Gasteiger partial charge in [-0.2, -0.15) is 0 Å². The molecule has 0 bridgehead atoms. The molecule has 3 heterocycles. The van der Waals surface area contributed by atoms with Crippen molar-refractivity contribution in [2.75, 3.05) is 5.32 Å². The van der Waals surface area contributed by atoms with E-state index in [1.807, 2.05) is 0 Å². The van der Waals surface area contributed by atoms with E-state index < -0.39 is 18.0 Å². The number of ether oxygens (including phenoxy) is 1. The number of esters is 1. The van der Waals surface area contributed by atoms with Crippen LogP contribution in [0.5, 0.6) is 0 Å². The van der Waals surface area contributed by atoms with Gasteiger partial charge in [0.2, 0.25) is 0 Å². The topological polar surface area (TPSA) is 107 Å². The van der Waals surface area contributed by atoms with Crippen LogP contribution in [0.15, 0.2) is 28.9 Å². The molecule has 1 N–H and O–H groups in total. The molecule has 0 aliphatic rings. The van der Waals surface area contributed by atoms with Gasteiger partial charge in [-0.05, 0) is 39.0 Å². The number of carbonyl (C=O) groups excluding carboxylic acids is 2. The van der Waals surface area contributed by atoms with Crippen LogP contribution in [0, 0.1) is 13.8 Å². The molecule has 3 aromatic rings. The number of hydrogen-bond acceptors (Lipinski definition) is 7. The van der Waals surface area contributed by atoms with E-state index in [0.29, 0.717) is 27.6 Å². The number of amides is 1. The van der Waals surface area contributed by atoms with E-state index in [9.17, 15) is 9.59 Å². The average Bonchev–Trinajstić information content (AvgIpc) is 2.96. The Morgan fingerprint density at radius 2 is 2.08 bits per heavy atom. The van der Waals surface area contributed by atoms with Gasteiger partial charge in [-0.15, -0.1) is 0 Å². The van der Waals surface area contributed by atoms with Gasteiger partial charge in [0.15, 0.2) is 6.10 Å². The first-order valence-corrected chi connectivity index (χ1v) is 8.10. The summed E-state index contributed by atoms with van der Waals surface area (Å²) in [6.07, 6.45) is 0.364. The highest BCUT2D eigenvalue weighted by atomic mass is 35.5. The summed E-state index contributed by atoms with van der Waals surface area (Å²) in [5.41, 5.74) is 1.58. The third-order valence-corrected chi connectivity index (χ3v) is 3.82. The van der Waals surface area contributed by atoms with Crippen molar-refractivity contribution in [1.29, 1.82) is 0 Å². The number of halogens is 1. The lowest BCUT2D eigenvalue weighted by molar-refractivity contribution is -0.123. The maximum Gasteiger partial charge on any atom is 0.339 e. The van der Waals surface area contributed by atoms with E-state index in [1.54, 1.807) is 32.0 Å². The second-order valence-corrected chi connectivity index (χ2v) is 6.09. The highest BCUT2D eigenvalue weighted by Gasteiger charge is 2.23. The molecule has 1 atom stereocenters. The molecule has 0 unspecified atom stereocenters. The Hall–Kier alpha value is -3.00. The molecule has 0 radical (unpaired) electrons. The van der Waals surface area contributed by atoms with Crippen LogP contribution in [0.25, 0.3) is 11.1 Å². The number of rotatable bonds is 4. The normalized spacial score (nSPS) is 12.0. The standard InChI is InChI=1S/C17H15ClN4O4/c1-8-6-12(14-9(2)22-26-16(14)20-8)17(24)25-10(3)15(23)21-13-5-4-11(18)7-19-13/h4-7,10H,1-3H3,(H,19,21,23)/t10-/m1/s1. The van der Waals surface area contributed by atoms with Crippen LogP contribution in [0.1, 0.15) is 28.7 Å². The lowest BCUT2D eigenvalue weighted by atomic mass is 10.1. The summed E-state index contributed by atoms with van der Waals surface area (Å²) in [5.74, 6) is -0.880. The molecule has 1 amide bonds. The van der Waals surface area contributed by atoms with E-state index in [0.717, 1.165) is 0 Å². The highest BCUT2D eigenvalue weighted by Crippen LogP contribution is 2.23. The van der Waals surface area contributed by atoms with E-state index in [-0.39, 0.29) is 11.3 Å². The van der Waals surface area contributed by atoms with Gasteiger partial charge >= 0.3 is 5.97 Å². The van der Waals surface area contributed by atoms with Gasteiger partial charge in [-0.3, -0.25) is 4.79 Å². The first-order chi connectivity index (χ1) is 12.3. The molecule has 8 nitrogen and oxygen atoms in total. The van der Waals surface area contributed by atoms with Gasteiger partial charge in [0, 0.05) is 11.9 Å². The van der Waals surface area contributed by atoms with Crippen molar-refractivity contribution in [2.45, 2.75) is 26.9 Å². The fraction of sp³-hybridized carbons (Fsp3) is 0.235. The van der Waals surface area contributed by atoms with E-state index in [2.05, 4.69) is 20.4 Å². The number of nitrogens with one attached hydrogen (secondary N) is 1. The molecule has 9 heteroatoms. The first kappa shape index (κ1) is 17.8. The Morgan fingerprint density at radius 3 is 2.77 bits per heavy atom. The molecule has 0 fully saturated rings. The number of anilines is 1. The van der Waals surface area contributed by atoms with Crippen molar-refractivity contribution in [3.63, 3.8) is 0 Å². The molecule has 0 aliphatic carbocycles. The van der Waals surface area contributed by atoms with Crippen molar-refractivity contribution in [3.8, 4) is 0 Å². The Balaban J connectivity index is 1.76. The predicted molar refractivity (Wildman–Crippen MR) is 94.0 cm³/mol. The molecule has 0 saturated heterocycles. The van der Waals surface area contributed by atoms with Gasteiger partial charge in [-0.1, -0.05) is 16.8 Å². The first-order valence-electron chi connectivity index (χ1n) is 7.72. The van der Waals surface area contributed by atoms with Crippen molar-refractivity contribution in [1.82, 2.24) is 15.1 Å². The Bertz CT molecular complexity index is 984. The number of carbonyl (C=O) groups is 2. The summed E-state index contributed by atoms with van der Waals surface area (Å²) < 4.78 is 10.4. The monoisotopic (exact) mass is 374 g/mol. The Kier molecular flexibility index (Phi) is 4.85. The fourth-order valence-corrected chi connectivity index (χ4v) is 2.45. The molecular weight excluding hydrogens is 360 g/mol. The third kappa shape index (κ3) is 3.65. The Morgan fingerprint density at radius 1 is 1.31 bits per heavy atom. The van der Waals surface area contributed by atoms with Crippen molar-refractivity contribution in [2.24, 2.45) is 0 Å². The second-order valence-electron chi connectivity index (χ2n) is 5.66. The van der Waals surface area contributed by atoms with Gasteiger partial charge in [0.05, 0.1) is 21.7 Å². The van der Waals surface area contributed by atoms with Gasteiger partial charge in [-0.25, -0.2) is 14.8 Å². The minimum absolute atomic E-state index is 0.246. The number of pyridine rings is 2. The second kappa shape index (κ2) is 7.09. The third-order valence-electron chi connectivity index (χ3n) is 3.60. The molecule has 0 aliphatic heterocycles. The number of nitrogens with zero attached hydrogens (tertiary/aromatic N) is 3. The van der Waals surface area contributed by atoms with Gasteiger partial charge < -0.3 is 14.6 Å². The summed E-state index contributed by atoms with van der Waals surface area (Å²) in [5, 5.41) is 7.28. The number of aryl methyl sites for hydroxylation is 2. The lowest BCUT2D eigenvalue weighted by Crippen LogP contribution is -2.30. The summed E-state index contributed by atoms with van der Waals surface area (Å²) in [6.45, 7) is 4.88. The molecular formula is C17H15ClN4O4. The largest absolute Gasteiger partial charge is 0.449 e. The maximum atomic E-state index is 12.5. The minimum Gasteiger partial charge on any atom is -0.449 e. The predicted octanol–water partition coefficient (Wildman–Crippen LogP) is 3.07. The van der Waals surface area contributed by atoms with Crippen molar-refractivity contribution >= 4 is 40.4 Å². The molecule has 3 aromatic heterocycles. The van der Waals surface area contributed by atoms with Crippen LogP contribution in [0.4, 0.5) is 5.82 Å². The molecule has 0 spiro atoms. The van der Waals surface area contributed by atoms with Crippen LogP contribution in [-0.2, 0) is 9.53 Å². The van der Waals surface area contributed by atoms with Crippen molar-refractivity contribution in [3.05, 3.63) is 46.4 Å². The summed E-state index contributed by atoms with van der Waals surface area (Å²) in [7, 11) is 0. The van der Waals surface area contributed by atoms with Crippen LogP contribution < -0.4 is 5.32 Å².